The summed E-state index contributed by atoms with van der Waals surface area (Å²) in [5.41, 5.74) is -1.80. The molecule has 1 atom stereocenters. The van der Waals surface area contributed by atoms with Gasteiger partial charge in [-0.15, -0.1) is 0 Å². The molecule has 8 nitrogen and oxygen atoms in total. The van der Waals surface area contributed by atoms with Crippen molar-refractivity contribution in [3.63, 3.8) is 0 Å². The number of halogens is 1. The number of nitro groups is 1. The minimum absolute atomic E-state index is 0.0224. The summed E-state index contributed by atoms with van der Waals surface area (Å²) in [6, 6.07) is 1.12. The third-order valence-electron chi connectivity index (χ3n) is 2.58. The summed E-state index contributed by atoms with van der Waals surface area (Å²) in [6.07, 6.45) is 0.926. The lowest BCUT2D eigenvalue weighted by molar-refractivity contribution is -0.385. The van der Waals surface area contributed by atoms with Crippen LogP contribution in [0.25, 0.3) is 0 Å². The van der Waals surface area contributed by atoms with E-state index in [1.165, 1.54) is 0 Å². The number of hydrogen-bond acceptors (Lipinski definition) is 6. The number of nitrogens with zero attached hydrogens (tertiary/aromatic N) is 3. The molecule has 0 spiro atoms. The number of hydrogen-bond donors (Lipinski definition) is 2. The van der Waals surface area contributed by atoms with Crippen molar-refractivity contribution in [3.8, 4) is 0 Å². The van der Waals surface area contributed by atoms with Crippen molar-refractivity contribution in [3.05, 3.63) is 33.1 Å². The molecule has 2 N–H and O–H groups in total. The Morgan fingerprint density at radius 3 is 2.76 bits per heavy atom. The van der Waals surface area contributed by atoms with E-state index < -0.39 is 22.1 Å². The van der Waals surface area contributed by atoms with Crippen LogP contribution in [0.3, 0.4) is 0 Å². The van der Waals surface area contributed by atoms with Crippen LogP contribution >= 0.6 is 11.6 Å². The number of carbonyl (C=O) groups excluding carboxylic acids is 1. The summed E-state index contributed by atoms with van der Waals surface area (Å²) < 4.78 is 0. The summed E-state index contributed by atoms with van der Waals surface area (Å²) >= 11 is 5.65. The lowest BCUT2D eigenvalue weighted by atomic mass is 10.1. The van der Waals surface area contributed by atoms with Crippen LogP contribution in [0.4, 0.5) is 5.69 Å². The van der Waals surface area contributed by atoms with Crippen molar-refractivity contribution in [2.24, 2.45) is 0 Å². The number of pyridine rings is 1. The van der Waals surface area contributed by atoms with Gasteiger partial charge in [-0.05, 0) is 27.1 Å². The first-order valence-electron chi connectivity index (χ1n) is 6.07. The van der Waals surface area contributed by atoms with E-state index in [0.717, 1.165) is 12.3 Å². The number of likely N-dealkylation sites (N-methyl/N-ethyl adjacent to an activating group) is 1. The maximum absolute atomic E-state index is 12.0. The summed E-state index contributed by atoms with van der Waals surface area (Å²) in [5.74, 6) is -0.690. The normalized spacial score (nSPS) is 13.8. The van der Waals surface area contributed by atoms with E-state index in [1.807, 2.05) is 0 Å². The van der Waals surface area contributed by atoms with Crippen molar-refractivity contribution in [2.45, 2.75) is 12.5 Å². The number of amides is 1. The highest BCUT2D eigenvalue weighted by atomic mass is 35.5. The Morgan fingerprint density at radius 1 is 1.62 bits per heavy atom. The van der Waals surface area contributed by atoms with Gasteiger partial charge in [-0.1, -0.05) is 11.6 Å². The molecule has 1 rings (SSSR count). The number of rotatable bonds is 6. The monoisotopic (exact) mass is 316 g/mol. The molecular formula is C12H17ClN4O4. The van der Waals surface area contributed by atoms with Crippen LogP contribution < -0.4 is 5.32 Å². The van der Waals surface area contributed by atoms with Gasteiger partial charge in [0, 0.05) is 13.1 Å². The van der Waals surface area contributed by atoms with Crippen LogP contribution in [-0.4, -0.2) is 58.6 Å². The topological polar surface area (TPSA) is 109 Å². The molecule has 0 radical (unpaired) electrons. The first-order chi connectivity index (χ1) is 9.62. The highest BCUT2D eigenvalue weighted by Gasteiger charge is 2.25. The zero-order valence-electron chi connectivity index (χ0n) is 12.0. The Bertz CT molecular complexity index is 548. The quantitative estimate of drug-likeness (QED) is 0.454. The van der Waals surface area contributed by atoms with Crippen molar-refractivity contribution in [1.29, 1.82) is 0 Å². The third kappa shape index (κ3) is 5.25. The fourth-order valence-electron chi connectivity index (χ4n) is 1.85. The molecule has 0 saturated heterocycles. The minimum Gasteiger partial charge on any atom is -0.387 e. The molecule has 0 aromatic carbocycles. The van der Waals surface area contributed by atoms with Crippen LogP contribution in [-0.2, 0) is 0 Å². The fraction of sp³-hybridized carbons (Fsp3) is 0.500. The molecule has 0 aliphatic rings. The number of aliphatic hydroxyl groups is 1. The summed E-state index contributed by atoms with van der Waals surface area (Å²) in [4.78, 5) is 27.5. The molecule has 1 aromatic rings. The van der Waals surface area contributed by atoms with Gasteiger partial charge in [0.25, 0.3) is 11.6 Å². The largest absolute Gasteiger partial charge is 0.387 e. The van der Waals surface area contributed by atoms with Gasteiger partial charge >= 0.3 is 0 Å². The van der Waals surface area contributed by atoms with Gasteiger partial charge in [-0.2, -0.15) is 0 Å². The predicted octanol–water partition coefficient (Wildman–Crippen LogP) is 0.686. The van der Waals surface area contributed by atoms with Gasteiger partial charge in [0.1, 0.15) is 16.9 Å². The van der Waals surface area contributed by atoms with Gasteiger partial charge in [0.05, 0.1) is 10.5 Å². The summed E-state index contributed by atoms with van der Waals surface area (Å²) in [5, 5.41) is 23.4. The molecule has 9 heteroatoms. The SMILES string of the molecule is CN(C)CC(C)(O)CNC(=O)c1cc(Cl)ncc1[N+](=O)[O-]. The van der Waals surface area contributed by atoms with Crippen molar-refractivity contribution in [2.75, 3.05) is 27.2 Å². The molecule has 1 heterocycles. The van der Waals surface area contributed by atoms with Crippen molar-refractivity contribution in [1.82, 2.24) is 15.2 Å². The van der Waals surface area contributed by atoms with E-state index in [-0.39, 0.29) is 17.3 Å². The third-order valence-corrected chi connectivity index (χ3v) is 2.78. The average Bonchev–Trinajstić information content (AvgIpc) is 2.34. The Hall–Kier alpha value is -1.77. The lowest BCUT2D eigenvalue weighted by Gasteiger charge is -2.27. The predicted molar refractivity (Wildman–Crippen MR) is 77.4 cm³/mol. The highest BCUT2D eigenvalue weighted by molar-refractivity contribution is 6.29. The van der Waals surface area contributed by atoms with Crippen molar-refractivity contribution < 1.29 is 14.8 Å². The van der Waals surface area contributed by atoms with E-state index in [0.29, 0.717) is 6.54 Å². The standard InChI is InChI=1S/C12H17ClN4O4/c1-12(19,7-16(2)3)6-15-11(18)8-4-10(13)14-5-9(8)17(20)21/h4-5,19H,6-7H2,1-3H3,(H,15,18). The van der Waals surface area contributed by atoms with Gasteiger partial charge in [0.2, 0.25) is 0 Å². The number of carbonyl (C=O) groups is 1. The zero-order valence-corrected chi connectivity index (χ0v) is 12.7. The van der Waals surface area contributed by atoms with Crippen LogP contribution in [0, 0.1) is 10.1 Å². The molecule has 0 aliphatic heterocycles. The Kier molecular flexibility index (Phi) is 5.59. The Labute approximate surface area is 126 Å². The maximum Gasteiger partial charge on any atom is 0.300 e. The van der Waals surface area contributed by atoms with Gasteiger partial charge in [-0.25, -0.2) is 4.98 Å². The molecule has 21 heavy (non-hydrogen) atoms. The average molecular weight is 317 g/mol. The molecule has 0 bridgehead atoms. The van der Waals surface area contributed by atoms with E-state index >= 15 is 0 Å². The minimum atomic E-state index is -1.16. The summed E-state index contributed by atoms with van der Waals surface area (Å²) in [7, 11) is 3.56. The molecule has 116 valence electrons. The second-order valence-electron chi connectivity index (χ2n) is 5.20. The molecular weight excluding hydrogens is 300 g/mol. The van der Waals surface area contributed by atoms with E-state index in [4.69, 9.17) is 11.6 Å². The van der Waals surface area contributed by atoms with Crippen LogP contribution in [0.15, 0.2) is 12.3 Å². The summed E-state index contributed by atoms with van der Waals surface area (Å²) in [6.45, 7) is 1.83. The molecule has 0 saturated carbocycles. The van der Waals surface area contributed by atoms with E-state index in [2.05, 4.69) is 10.3 Å². The maximum atomic E-state index is 12.0. The Balaban J connectivity index is 2.85. The van der Waals surface area contributed by atoms with Gasteiger partial charge in [0.15, 0.2) is 0 Å². The number of aromatic nitrogens is 1. The first-order valence-corrected chi connectivity index (χ1v) is 6.45. The number of nitrogens with one attached hydrogen (secondary N) is 1. The first kappa shape index (κ1) is 17.3. The van der Waals surface area contributed by atoms with Gasteiger partial charge in [-0.3, -0.25) is 14.9 Å². The highest BCUT2D eigenvalue weighted by Crippen LogP contribution is 2.20. The molecule has 0 aliphatic carbocycles. The lowest BCUT2D eigenvalue weighted by Crippen LogP contribution is -2.47. The van der Waals surface area contributed by atoms with E-state index in [1.54, 1.807) is 25.9 Å². The fourth-order valence-corrected chi connectivity index (χ4v) is 2.01. The molecule has 1 unspecified atom stereocenters. The van der Waals surface area contributed by atoms with E-state index in [9.17, 15) is 20.0 Å². The second-order valence-corrected chi connectivity index (χ2v) is 5.59. The van der Waals surface area contributed by atoms with Crippen LogP contribution in [0.2, 0.25) is 5.15 Å². The van der Waals surface area contributed by atoms with Crippen molar-refractivity contribution >= 4 is 23.2 Å². The van der Waals surface area contributed by atoms with Crippen LogP contribution in [0.5, 0.6) is 0 Å². The zero-order chi connectivity index (χ0) is 16.2. The van der Waals surface area contributed by atoms with Gasteiger partial charge < -0.3 is 15.3 Å². The van der Waals surface area contributed by atoms with Crippen LogP contribution in [0.1, 0.15) is 17.3 Å². The second kappa shape index (κ2) is 6.79. The Morgan fingerprint density at radius 2 is 2.24 bits per heavy atom. The molecule has 1 amide bonds. The smallest absolute Gasteiger partial charge is 0.300 e. The molecule has 0 fully saturated rings. The molecule has 1 aromatic heterocycles.